The predicted molar refractivity (Wildman–Crippen MR) is 89.3 cm³/mol. The largest absolute Gasteiger partial charge is 0.491 e. The van der Waals surface area contributed by atoms with Crippen LogP contribution in [0.4, 0.5) is 4.39 Å². The highest BCUT2D eigenvalue weighted by atomic mass is 19.1. The lowest BCUT2D eigenvalue weighted by molar-refractivity contribution is 0.114. The number of aliphatic imine (C=N–C) groups is 1. The molecule has 1 saturated carbocycles. The average Bonchev–Trinajstić information content (AvgIpc) is 3.05. The third kappa shape index (κ3) is 6.44. The van der Waals surface area contributed by atoms with E-state index in [0.29, 0.717) is 11.8 Å². The van der Waals surface area contributed by atoms with Crippen molar-refractivity contribution in [1.82, 2.24) is 10.6 Å². The van der Waals surface area contributed by atoms with E-state index < -0.39 is 6.10 Å². The third-order valence-electron chi connectivity index (χ3n) is 3.76. The summed E-state index contributed by atoms with van der Waals surface area (Å²) in [5.74, 6) is 0.960. The molecule has 5 nitrogen and oxygen atoms in total. The van der Waals surface area contributed by atoms with Gasteiger partial charge in [0.25, 0.3) is 0 Å². The van der Waals surface area contributed by atoms with Crippen molar-refractivity contribution < 1.29 is 14.2 Å². The molecule has 0 aliphatic heterocycles. The van der Waals surface area contributed by atoms with Crippen molar-refractivity contribution in [2.45, 2.75) is 44.8 Å². The summed E-state index contributed by atoms with van der Waals surface area (Å²) in [6, 6.07) is 6.21. The number of nitrogens with zero attached hydrogens (tertiary/aromatic N) is 1. The van der Waals surface area contributed by atoms with Crippen LogP contribution in [0.1, 0.15) is 32.6 Å². The fourth-order valence-corrected chi connectivity index (χ4v) is 2.56. The Morgan fingerprint density at radius 3 is 2.70 bits per heavy atom. The zero-order valence-electron chi connectivity index (χ0n) is 13.6. The quantitative estimate of drug-likeness (QED) is 0.531. The first-order valence-electron chi connectivity index (χ1n) is 8.28. The Bertz CT molecular complexity index is 487. The van der Waals surface area contributed by atoms with Gasteiger partial charge in [0.2, 0.25) is 0 Å². The van der Waals surface area contributed by atoms with Crippen molar-refractivity contribution >= 4 is 5.96 Å². The molecule has 0 amide bonds. The Balaban J connectivity index is 1.76. The smallest absolute Gasteiger partial charge is 0.191 e. The fourth-order valence-electron chi connectivity index (χ4n) is 2.56. The molecule has 2 rings (SSSR count). The van der Waals surface area contributed by atoms with Crippen molar-refractivity contribution in [3.05, 3.63) is 30.1 Å². The van der Waals surface area contributed by atoms with Gasteiger partial charge in [0.05, 0.1) is 6.54 Å². The Morgan fingerprint density at radius 2 is 2.04 bits per heavy atom. The van der Waals surface area contributed by atoms with Gasteiger partial charge in [0, 0.05) is 12.6 Å². The number of hydrogen-bond acceptors (Lipinski definition) is 3. The summed E-state index contributed by atoms with van der Waals surface area (Å²) in [7, 11) is 0. The highest BCUT2D eigenvalue weighted by Crippen LogP contribution is 2.17. The summed E-state index contributed by atoms with van der Waals surface area (Å²) in [6.07, 6.45) is 4.14. The molecule has 0 radical (unpaired) electrons. The third-order valence-corrected chi connectivity index (χ3v) is 3.76. The summed E-state index contributed by atoms with van der Waals surface area (Å²) in [5, 5.41) is 16.6. The first-order chi connectivity index (χ1) is 11.2. The van der Waals surface area contributed by atoms with Crippen molar-refractivity contribution in [2.24, 2.45) is 4.99 Å². The van der Waals surface area contributed by atoms with Gasteiger partial charge < -0.3 is 20.5 Å². The van der Waals surface area contributed by atoms with Crippen LogP contribution in [0, 0.1) is 5.82 Å². The summed E-state index contributed by atoms with van der Waals surface area (Å²) in [5.41, 5.74) is 0. The molecule has 6 heteroatoms. The molecule has 0 saturated heterocycles. The highest BCUT2D eigenvalue weighted by Gasteiger charge is 2.16. The Hall–Kier alpha value is -1.82. The number of halogens is 1. The minimum absolute atomic E-state index is 0.123. The van der Waals surface area contributed by atoms with E-state index in [1.807, 2.05) is 6.92 Å². The standard InChI is InChI=1S/C17H26FN3O2/c1-2-19-17(21-14-5-3-4-6-14)20-11-15(22)12-23-16-9-7-13(18)8-10-16/h7-10,14-15,22H,2-6,11-12H2,1H3,(H2,19,20,21). The normalized spacial score (nSPS) is 17.1. The Kier molecular flexibility index (Phi) is 7.13. The topological polar surface area (TPSA) is 65.9 Å². The molecule has 1 unspecified atom stereocenters. The number of hydrogen-bond donors (Lipinski definition) is 3. The molecular formula is C17H26FN3O2. The molecule has 0 bridgehead atoms. The van der Waals surface area contributed by atoms with E-state index in [2.05, 4.69) is 15.6 Å². The summed E-state index contributed by atoms with van der Waals surface area (Å²) < 4.78 is 18.2. The second kappa shape index (κ2) is 9.35. The van der Waals surface area contributed by atoms with Crippen molar-refractivity contribution in [2.75, 3.05) is 19.7 Å². The maximum Gasteiger partial charge on any atom is 0.191 e. The number of rotatable bonds is 7. The van der Waals surface area contributed by atoms with Gasteiger partial charge in [-0.05, 0) is 44.0 Å². The zero-order valence-corrected chi connectivity index (χ0v) is 13.6. The van der Waals surface area contributed by atoms with Gasteiger partial charge in [-0.1, -0.05) is 12.8 Å². The van der Waals surface area contributed by atoms with Crippen LogP contribution in [0.2, 0.25) is 0 Å². The first kappa shape index (κ1) is 17.5. The van der Waals surface area contributed by atoms with Gasteiger partial charge in [-0.15, -0.1) is 0 Å². The SMILES string of the molecule is CCNC(=NCC(O)COc1ccc(F)cc1)NC1CCCC1. The molecule has 1 fully saturated rings. The summed E-state index contributed by atoms with van der Waals surface area (Å²) >= 11 is 0. The monoisotopic (exact) mass is 323 g/mol. The minimum atomic E-state index is -0.709. The number of nitrogens with one attached hydrogen (secondary N) is 2. The second-order valence-electron chi connectivity index (χ2n) is 5.76. The van der Waals surface area contributed by atoms with Crippen molar-refractivity contribution in [3.8, 4) is 5.75 Å². The molecule has 23 heavy (non-hydrogen) atoms. The van der Waals surface area contributed by atoms with Gasteiger partial charge in [0.15, 0.2) is 5.96 Å². The van der Waals surface area contributed by atoms with Crippen molar-refractivity contribution in [1.29, 1.82) is 0 Å². The van der Waals surface area contributed by atoms with Crippen LogP contribution < -0.4 is 15.4 Å². The number of aliphatic hydroxyl groups is 1. The Labute approximate surface area is 137 Å². The van der Waals surface area contributed by atoms with E-state index in [0.717, 1.165) is 12.5 Å². The molecule has 1 atom stereocenters. The van der Waals surface area contributed by atoms with Crippen LogP contribution in [-0.2, 0) is 0 Å². The highest BCUT2D eigenvalue weighted by molar-refractivity contribution is 5.80. The van der Waals surface area contributed by atoms with E-state index >= 15 is 0 Å². The number of ether oxygens (including phenoxy) is 1. The average molecular weight is 323 g/mol. The molecule has 3 N–H and O–H groups in total. The Morgan fingerprint density at radius 1 is 1.35 bits per heavy atom. The maximum absolute atomic E-state index is 12.8. The van der Waals surface area contributed by atoms with E-state index in [1.165, 1.54) is 49.9 Å². The van der Waals surface area contributed by atoms with E-state index in [-0.39, 0.29) is 19.0 Å². The molecule has 1 aliphatic carbocycles. The molecule has 0 heterocycles. The van der Waals surface area contributed by atoms with Crippen molar-refractivity contribution in [3.63, 3.8) is 0 Å². The van der Waals surface area contributed by atoms with Gasteiger partial charge in [0.1, 0.15) is 24.3 Å². The van der Waals surface area contributed by atoms with Gasteiger partial charge in [-0.3, -0.25) is 4.99 Å². The molecule has 0 spiro atoms. The van der Waals surface area contributed by atoms with Crippen LogP contribution in [0.3, 0.4) is 0 Å². The lowest BCUT2D eigenvalue weighted by Gasteiger charge is -2.17. The number of aliphatic hydroxyl groups excluding tert-OH is 1. The van der Waals surface area contributed by atoms with E-state index in [9.17, 15) is 9.50 Å². The van der Waals surface area contributed by atoms with E-state index in [1.54, 1.807) is 0 Å². The van der Waals surface area contributed by atoms with Gasteiger partial charge in [-0.25, -0.2) is 4.39 Å². The molecule has 128 valence electrons. The molecule has 1 aliphatic rings. The zero-order chi connectivity index (χ0) is 16.5. The predicted octanol–water partition coefficient (Wildman–Crippen LogP) is 2.06. The van der Waals surface area contributed by atoms with E-state index in [4.69, 9.17) is 4.74 Å². The number of benzene rings is 1. The first-order valence-corrected chi connectivity index (χ1v) is 8.28. The van der Waals surface area contributed by atoms with Crippen LogP contribution in [0.5, 0.6) is 5.75 Å². The summed E-state index contributed by atoms with van der Waals surface area (Å²) in [6.45, 7) is 3.17. The molecule has 0 aromatic heterocycles. The molecule has 1 aromatic rings. The van der Waals surface area contributed by atoms with Crippen LogP contribution in [0.25, 0.3) is 0 Å². The second-order valence-corrected chi connectivity index (χ2v) is 5.76. The van der Waals surface area contributed by atoms with Gasteiger partial charge >= 0.3 is 0 Å². The maximum atomic E-state index is 12.8. The van der Waals surface area contributed by atoms with Gasteiger partial charge in [-0.2, -0.15) is 0 Å². The molecular weight excluding hydrogens is 297 g/mol. The minimum Gasteiger partial charge on any atom is -0.491 e. The summed E-state index contributed by atoms with van der Waals surface area (Å²) in [4.78, 5) is 4.41. The van der Waals surface area contributed by atoms with Crippen LogP contribution in [0.15, 0.2) is 29.3 Å². The lowest BCUT2D eigenvalue weighted by atomic mass is 10.2. The number of guanidine groups is 1. The molecule has 1 aromatic carbocycles. The van der Waals surface area contributed by atoms with Crippen LogP contribution in [-0.4, -0.2) is 42.9 Å². The lowest BCUT2D eigenvalue weighted by Crippen LogP contribution is -2.43. The van der Waals surface area contributed by atoms with Crippen LogP contribution >= 0.6 is 0 Å². The fraction of sp³-hybridized carbons (Fsp3) is 0.588.